The van der Waals surface area contributed by atoms with Crippen LogP contribution in [0.4, 0.5) is 5.69 Å². The Kier molecular flexibility index (Phi) is 6.08. The molecule has 0 aliphatic carbocycles. The highest BCUT2D eigenvalue weighted by Crippen LogP contribution is 2.39. The van der Waals surface area contributed by atoms with Gasteiger partial charge in [-0.3, -0.25) is 0 Å². The summed E-state index contributed by atoms with van der Waals surface area (Å²) in [4.78, 5) is 4.48. The average molecular weight is 404 g/mol. The molecule has 0 bridgehead atoms. The molecular weight excluding hydrogens is 380 g/mol. The zero-order valence-electron chi connectivity index (χ0n) is 16.9. The molecule has 7 heteroatoms. The molecule has 3 aromatic rings. The van der Waals surface area contributed by atoms with Crippen LogP contribution in [0.25, 0.3) is 11.3 Å². The first-order valence-electron chi connectivity index (χ1n) is 10.0. The maximum atomic E-state index is 6.23. The monoisotopic (exact) mass is 404 g/mol. The second-order valence-corrected chi connectivity index (χ2v) is 6.81. The van der Waals surface area contributed by atoms with Gasteiger partial charge in [0.15, 0.2) is 11.9 Å². The van der Waals surface area contributed by atoms with E-state index in [4.69, 9.17) is 14.2 Å². The van der Waals surface area contributed by atoms with Gasteiger partial charge in [-0.25, -0.2) is 0 Å². The van der Waals surface area contributed by atoms with Gasteiger partial charge in [0.1, 0.15) is 12.4 Å². The summed E-state index contributed by atoms with van der Waals surface area (Å²) >= 11 is 0. The summed E-state index contributed by atoms with van der Waals surface area (Å²) in [6.45, 7) is 6.77. The molecule has 0 fully saturated rings. The minimum absolute atomic E-state index is 0.216. The third-order valence-corrected chi connectivity index (χ3v) is 4.61. The van der Waals surface area contributed by atoms with Crippen molar-refractivity contribution in [2.45, 2.75) is 26.0 Å². The lowest BCUT2D eigenvalue weighted by atomic mass is 10.1. The second-order valence-electron chi connectivity index (χ2n) is 6.81. The molecule has 1 unspecified atom stereocenters. The largest absolute Gasteiger partial charge is 0.490 e. The quantitative estimate of drug-likeness (QED) is 0.427. The molecule has 1 aliphatic rings. The Hall–Kier alpha value is -3.61. The minimum Gasteiger partial charge on any atom is -0.490 e. The lowest BCUT2D eigenvalue weighted by Crippen LogP contribution is -2.17. The van der Waals surface area contributed by atoms with Crippen LogP contribution in [0.3, 0.4) is 0 Å². The van der Waals surface area contributed by atoms with Gasteiger partial charge in [-0.1, -0.05) is 49.3 Å². The van der Waals surface area contributed by atoms with Crippen molar-refractivity contribution < 1.29 is 14.2 Å². The van der Waals surface area contributed by atoms with Crippen LogP contribution in [-0.4, -0.2) is 28.4 Å². The van der Waals surface area contributed by atoms with Gasteiger partial charge >= 0.3 is 6.01 Å². The van der Waals surface area contributed by atoms with E-state index in [0.29, 0.717) is 24.8 Å². The summed E-state index contributed by atoms with van der Waals surface area (Å²) in [5.74, 6) is 1.15. The summed E-state index contributed by atoms with van der Waals surface area (Å²) in [6, 6.07) is 15.8. The predicted octanol–water partition coefficient (Wildman–Crippen LogP) is 4.79. The fourth-order valence-electron chi connectivity index (χ4n) is 3.06. The number of hydrogen-bond donors (Lipinski definition) is 1. The summed E-state index contributed by atoms with van der Waals surface area (Å²) in [5, 5.41) is 11.9. The fraction of sp³-hybridized carbons (Fsp3) is 0.261. The Morgan fingerprint density at radius 2 is 1.93 bits per heavy atom. The molecule has 0 saturated heterocycles. The topological polar surface area (TPSA) is 78.4 Å². The normalized spacial score (nSPS) is 14.4. The highest BCUT2D eigenvalue weighted by Gasteiger charge is 2.26. The smallest absolute Gasteiger partial charge is 0.339 e. The number of unbranched alkanes of at least 4 members (excludes halogenated alkanes) is 1. The van der Waals surface area contributed by atoms with Gasteiger partial charge in [-0.2, -0.15) is 4.98 Å². The van der Waals surface area contributed by atoms with Crippen molar-refractivity contribution in [1.29, 1.82) is 0 Å². The van der Waals surface area contributed by atoms with Crippen LogP contribution >= 0.6 is 0 Å². The van der Waals surface area contributed by atoms with Crippen molar-refractivity contribution in [2.24, 2.45) is 0 Å². The van der Waals surface area contributed by atoms with Crippen molar-refractivity contribution in [1.82, 2.24) is 15.2 Å². The standard InChI is InChI=1S/C23H24N4O3/c1-3-5-15-29-23-25-22-20(26-27-23)18-8-6-7-9-19(18)24-21(30-22)16-10-12-17(13-11-16)28-14-4-2/h4,6-13,21,24H,2-3,5,14-15H2,1H3. The minimum atomic E-state index is -0.457. The molecule has 1 aliphatic heterocycles. The second kappa shape index (κ2) is 9.26. The highest BCUT2D eigenvalue weighted by molar-refractivity contribution is 5.79. The fourth-order valence-corrected chi connectivity index (χ4v) is 3.06. The van der Waals surface area contributed by atoms with E-state index in [1.165, 1.54) is 0 Å². The number of para-hydroxylation sites is 1. The van der Waals surface area contributed by atoms with Gasteiger partial charge in [0.25, 0.3) is 0 Å². The SMILES string of the molecule is C=CCOc1ccc(C2Nc3ccccc3-c3nnc(OCCCC)nc3O2)cc1. The van der Waals surface area contributed by atoms with E-state index in [2.05, 4.69) is 34.0 Å². The number of nitrogens with zero attached hydrogens (tertiary/aromatic N) is 3. The van der Waals surface area contributed by atoms with Crippen LogP contribution in [0.2, 0.25) is 0 Å². The van der Waals surface area contributed by atoms with Crippen molar-refractivity contribution in [3.8, 4) is 28.9 Å². The Bertz CT molecular complexity index is 1010. The number of nitrogens with one attached hydrogen (secondary N) is 1. The van der Waals surface area contributed by atoms with E-state index in [1.807, 2.05) is 48.5 Å². The van der Waals surface area contributed by atoms with E-state index in [-0.39, 0.29) is 6.01 Å². The lowest BCUT2D eigenvalue weighted by Gasteiger charge is -2.19. The molecule has 4 rings (SSSR count). The third-order valence-electron chi connectivity index (χ3n) is 4.61. The molecule has 0 spiro atoms. The maximum Gasteiger partial charge on any atom is 0.339 e. The Balaban J connectivity index is 1.65. The zero-order valence-corrected chi connectivity index (χ0v) is 16.9. The Morgan fingerprint density at radius 3 is 2.73 bits per heavy atom. The van der Waals surface area contributed by atoms with E-state index in [1.54, 1.807) is 6.08 Å². The molecule has 1 atom stereocenters. The van der Waals surface area contributed by atoms with Crippen molar-refractivity contribution in [3.63, 3.8) is 0 Å². The van der Waals surface area contributed by atoms with Crippen LogP contribution in [0.1, 0.15) is 31.6 Å². The lowest BCUT2D eigenvalue weighted by molar-refractivity contribution is 0.217. The molecule has 154 valence electrons. The molecule has 30 heavy (non-hydrogen) atoms. The molecule has 0 saturated carbocycles. The van der Waals surface area contributed by atoms with Gasteiger partial charge < -0.3 is 19.5 Å². The molecule has 2 heterocycles. The van der Waals surface area contributed by atoms with Crippen LogP contribution in [-0.2, 0) is 0 Å². The summed E-state index contributed by atoms with van der Waals surface area (Å²) < 4.78 is 17.4. The van der Waals surface area contributed by atoms with E-state index in [0.717, 1.165) is 35.4 Å². The van der Waals surface area contributed by atoms with E-state index in [9.17, 15) is 0 Å². The third kappa shape index (κ3) is 4.35. The summed E-state index contributed by atoms with van der Waals surface area (Å²) in [7, 11) is 0. The Morgan fingerprint density at radius 1 is 1.10 bits per heavy atom. The van der Waals surface area contributed by atoms with Crippen LogP contribution < -0.4 is 19.5 Å². The van der Waals surface area contributed by atoms with Gasteiger partial charge in [-0.05, 0) is 36.8 Å². The maximum absolute atomic E-state index is 6.23. The van der Waals surface area contributed by atoms with E-state index >= 15 is 0 Å². The average Bonchev–Trinajstić information content (AvgIpc) is 2.95. The molecule has 7 nitrogen and oxygen atoms in total. The first kappa shape index (κ1) is 19.7. The van der Waals surface area contributed by atoms with Gasteiger partial charge in [0.05, 0.1) is 6.61 Å². The first-order valence-corrected chi connectivity index (χ1v) is 10.0. The molecule has 1 N–H and O–H groups in total. The molecule has 0 amide bonds. The zero-order chi connectivity index (χ0) is 20.8. The van der Waals surface area contributed by atoms with Crippen molar-refractivity contribution in [3.05, 3.63) is 66.7 Å². The van der Waals surface area contributed by atoms with E-state index < -0.39 is 6.23 Å². The molecule has 2 aromatic carbocycles. The first-order chi connectivity index (χ1) is 14.8. The number of ether oxygens (including phenoxy) is 3. The van der Waals surface area contributed by atoms with Crippen molar-refractivity contribution in [2.75, 3.05) is 18.5 Å². The Labute approximate surface area is 175 Å². The molecular formula is C23H24N4O3. The number of aromatic nitrogens is 3. The van der Waals surface area contributed by atoms with Crippen LogP contribution in [0.15, 0.2) is 61.2 Å². The van der Waals surface area contributed by atoms with Crippen molar-refractivity contribution >= 4 is 5.69 Å². The summed E-state index contributed by atoms with van der Waals surface area (Å²) in [5.41, 5.74) is 3.27. The molecule has 1 aromatic heterocycles. The van der Waals surface area contributed by atoms with Crippen LogP contribution in [0.5, 0.6) is 17.6 Å². The number of hydrogen-bond acceptors (Lipinski definition) is 7. The van der Waals surface area contributed by atoms with Gasteiger partial charge in [-0.15, -0.1) is 5.10 Å². The van der Waals surface area contributed by atoms with Crippen LogP contribution in [0, 0.1) is 0 Å². The molecule has 0 radical (unpaired) electrons. The summed E-state index contributed by atoms with van der Waals surface area (Å²) in [6.07, 6.45) is 3.21. The van der Waals surface area contributed by atoms with Gasteiger partial charge in [0, 0.05) is 16.8 Å². The number of fused-ring (bicyclic) bond motifs is 3. The highest BCUT2D eigenvalue weighted by atomic mass is 16.5. The number of anilines is 1. The van der Waals surface area contributed by atoms with Gasteiger partial charge in [0.2, 0.25) is 5.88 Å². The predicted molar refractivity (Wildman–Crippen MR) is 115 cm³/mol. The number of rotatable bonds is 8. The number of benzene rings is 2.